The Morgan fingerprint density at radius 1 is 1.11 bits per heavy atom. The van der Waals surface area contributed by atoms with Gasteiger partial charge in [-0.25, -0.2) is 0 Å². The van der Waals surface area contributed by atoms with Gasteiger partial charge >= 0.3 is 0 Å². The van der Waals surface area contributed by atoms with E-state index in [4.69, 9.17) is 17.3 Å². The van der Waals surface area contributed by atoms with Crippen LogP contribution in [-0.4, -0.2) is 5.91 Å². The summed E-state index contributed by atoms with van der Waals surface area (Å²) in [4.78, 5) is 11.9. The van der Waals surface area contributed by atoms with Crippen molar-refractivity contribution in [3.8, 4) is 0 Å². The molecule has 0 heterocycles. The third kappa shape index (κ3) is 3.56. The van der Waals surface area contributed by atoms with Gasteiger partial charge in [0.15, 0.2) is 0 Å². The molecular weight excluding hydrogens is 260 g/mol. The van der Waals surface area contributed by atoms with Crippen molar-refractivity contribution in [2.45, 2.75) is 12.6 Å². The van der Waals surface area contributed by atoms with Crippen molar-refractivity contribution < 1.29 is 4.79 Å². The van der Waals surface area contributed by atoms with Gasteiger partial charge in [0.05, 0.1) is 0 Å². The van der Waals surface area contributed by atoms with Gasteiger partial charge in [0, 0.05) is 11.6 Å². The van der Waals surface area contributed by atoms with Crippen LogP contribution in [0.2, 0.25) is 5.02 Å². The van der Waals surface area contributed by atoms with Crippen LogP contribution in [0.3, 0.4) is 0 Å². The zero-order valence-corrected chi connectivity index (χ0v) is 11.1. The molecule has 4 heteroatoms. The van der Waals surface area contributed by atoms with E-state index in [9.17, 15) is 4.79 Å². The molecule has 3 N–H and O–H groups in total. The van der Waals surface area contributed by atoms with Crippen molar-refractivity contribution in [3.05, 3.63) is 70.7 Å². The van der Waals surface area contributed by atoms with E-state index in [1.54, 1.807) is 6.07 Å². The maximum absolute atomic E-state index is 11.9. The lowest BCUT2D eigenvalue weighted by atomic mass is 10.1. The van der Waals surface area contributed by atoms with Crippen LogP contribution in [-0.2, 0) is 11.3 Å². The number of carbonyl (C=O) groups excluding carboxylic acids is 1. The summed E-state index contributed by atoms with van der Waals surface area (Å²) in [6.07, 6.45) is 0. The normalized spacial score (nSPS) is 11.9. The van der Waals surface area contributed by atoms with Crippen molar-refractivity contribution in [1.82, 2.24) is 5.32 Å². The molecule has 1 amide bonds. The molecule has 1 atom stereocenters. The molecule has 0 aromatic heterocycles. The number of carbonyl (C=O) groups is 1. The van der Waals surface area contributed by atoms with Gasteiger partial charge in [0.2, 0.25) is 5.91 Å². The monoisotopic (exact) mass is 274 g/mol. The summed E-state index contributed by atoms with van der Waals surface area (Å²) in [5.74, 6) is -0.217. The van der Waals surface area contributed by atoms with E-state index in [-0.39, 0.29) is 5.91 Å². The second kappa shape index (κ2) is 6.36. The molecule has 1 unspecified atom stereocenters. The highest BCUT2D eigenvalue weighted by Gasteiger charge is 2.15. The van der Waals surface area contributed by atoms with E-state index in [1.807, 2.05) is 48.5 Å². The molecule has 0 saturated heterocycles. The van der Waals surface area contributed by atoms with Gasteiger partial charge in [0.1, 0.15) is 6.04 Å². The first kappa shape index (κ1) is 13.6. The summed E-state index contributed by atoms with van der Waals surface area (Å²) < 4.78 is 0. The van der Waals surface area contributed by atoms with Crippen molar-refractivity contribution in [2.75, 3.05) is 0 Å². The molecule has 2 aromatic rings. The zero-order chi connectivity index (χ0) is 13.7. The highest BCUT2D eigenvalue weighted by molar-refractivity contribution is 6.31. The highest BCUT2D eigenvalue weighted by atomic mass is 35.5. The number of hydrogen-bond donors (Lipinski definition) is 2. The first-order valence-corrected chi connectivity index (χ1v) is 6.38. The van der Waals surface area contributed by atoms with Gasteiger partial charge < -0.3 is 11.1 Å². The minimum Gasteiger partial charge on any atom is -0.350 e. The first-order chi connectivity index (χ1) is 9.18. The Balaban J connectivity index is 1.97. The third-order valence-electron chi connectivity index (χ3n) is 2.85. The van der Waals surface area contributed by atoms with Crippen LogP contribution in [0, 0.1) is 0 Å². The fourth-order valence-corrected chi connectivity index (χ4v) is 1.95. The van der Waals surface area contributed by atoms with Crippen LogP contribution in [0.25, 0.3) is 0 Å². The predicted octanol–water partition coefficient (Wildman–Crippen LogP) is 2.66. The lowest BCUT2D eigenvalue weighted by molar-refractivity contribution is -0.122. The first-order valence-electron chi connectivity index (χ1n) is 6.00. The molecule has 0 fully saturated rings. The standard InChI is InChI=1S/C15H15ClN2O/c16-13-9-5-4-8-12(13)10-18-15(19)14(17)11-6-2-1-3-7-11/h1-9,14H,10,17H2,(H,18,19). The third-order valence-corrected chi connectivity index (χ3v) is 3.22. The number of hydrogen-bond acceptors (Lipinski definition) is 2. The summed E-state index contributed by atoms with van der Waals surface area (Å²) in [6.45, 7) is 0.374. The molecule has 0 aliphatic rings. The number of rotatable bonds is 4. The van der Waals surface area contributed by atoms with E-state index in [1.165, 1.54) is 0 Å². The number of amides is 1. The Kier molecular flexibility index (Phi) is 4.55. The summed E-state index contributed by atoms with van der Waals surface area (Å²) in [6, 6.07) is 16.0. The molecule has 19 heavy (non-hydrogen) atoms. The Morgan fingerprint density at radius 2 is 1.74 bits per heavy atom. The lowest BCUT2D eigenvalue weighted by Crippen LogP contribution is -2.33. The fraction of sp³-hybridized carbons (Fsp3) is 0.133. The second-order valence-electron chi connectivity index (χ2n) is 4.20. The average molecular weight is 275 g/mol. The van der Waals surface area contributed by atoms with Gasteiger partial charge in [-0.05, 0) is 17.2 Å². The minimum atomic E-state index is -0.663. The maximum Gasteiger partial charge on any atom is 0.241 e. The molecule has 0 saturated carbocycles. The molecule has 0 aliphatic carbocycles. The Hall–Kier alpha value is -1.84. The molecule has 0 spiro atoms. The predicted molar refractivity (Wildman–Crippen MR) is 76.7 cm³/mol. The summed E-state index contributed by atoms with van der Waals surface area (Å²) in [5.41, 5.74) is 7.56. The van der Waals surface area contributed by atoms with E-state index in [0.717, 1.165) is 11.1 Å². The maximum atomic E-state index is 11.9. The summed E-state index contributed by atoms with van der Waals surface area (Å²) >= 11 is 6.02. The molecule has 2 aromatic carbocycles. The Morgan fingerprint density at radius 3 is 2.42 bits per heavy atom. The topological polar surface area (TPSA) is 55.1 Å². The van der Waals surface area contributed by atoms with Crippen LogP contribution in [0.4, 0.5) is 0 Å². The zero-order valence-electron chi connectivity index (χ0n) is 10.3. The second-order valence-corrected chi connectivity index (χ2v) is 4.60. The Bertz CT molecular complexity index is 557. The van der Waals surface area contributed by atoms with Crippen molar-refractivity contribution in [3.63, 3.8) is 0 Å². The number of nitrogens with one attached hydrogen (secondary N) is 1. The highest BCUT2D eigenvalue weighted by Crippen LogP contribution is 2.15. The molecule has 0 radical (unpaired) electrons. The fourth-order valence-electron chi connectivity index (χ4n) is 1.75. The number of nitrogens with two attached hydrogens (primary N) is 1. The van der Waals surface area contributed by atoms with Gasteiger partial charge in [-0.1, -0.05) is 60.1 Å². The van der Waals surface area contributed by atoms with Crippen molar-refractivity contribution in [1.29, 1.82) is 0 Å². The van der Waals surface area contributed by atoms with E-state index in [0.29, 0.717) is 11.6 Å². The van der Waals surface area contributed by atoms with Crippen molar-refractivity contribution in [2.24, 2.45) is 5.73 Å². The lowest BCUT2D eigenvalue weighted by Gasteiger charge is -2.13. The quantitative estimate of drug-likeness (QED) is 0.901. The summed E-state index contributed by atoms with van der Waals surface area (Å²) in [5, 5.41) is 3.42. The molecular formula is C15H15ClN2O. The SMILES string of the molecule is NC(C(=O)NCc1ccccc1Cl)c1ccccc1. The van der Waals surface area contributed by atoms with Crippen LogP contribution in [0.15, 0.2) is 54.6 Å². The van der Waals surface area contributed by atoms with Crippen LogP contribution >= 0.6 is 11.6 Å². The van der Waals surface area contributed by atoms with E-state index >= 15 is 0 Å². The van der Waals surface area contributed by atoms with Gasteiger partial charge in [0.25, 0.3) is 0 Å². The van der Waals surface area contributed by atoms with Crippen LogP contribution < -0.4 is 11.1 Å². The average Bonchev–Trinajstić information content (AvgIpc) is 2.46. The minimum absolute atomic E-state index is 0.217. The van der Waals surface area contributed by atoms with Crippen LogP contribution in [0.5, 0.6) is 0 Å². The van der Waals surface area contributed by atoms with E-state index in [2.05, 4.69) is 5.32 Å². The largest absolute Gasteiger partial charge is 0.350 e. The van der Waals surface area contributed by atoms with Gasteiger partial charge in [-0.15, -0.1) is 0 Å². The number of benzene rings is 2. The van der Waals surface area contributed by atoms with Crippen molar-refractivity contribution >= 4 is 17.5 Å². The van der Waals surface area contributed by atoms with Gasteiger partial charge in [-0.3, -0.25) is 4.79 Å². The van der Waals surface area contributed by atoms with E-state index < -0.39 is 6.04 Å². The molecule has 0 aliphatic heterocycles. The molecule has 2 rings (SSSR count). The Labute approximate surface area is 117 Å². The van der Waals surface area contributed by atoms with Crippen LogP contribution in [0.1, 0.15) is 17.2 Å². The molecule has 0 bridgehead atoms. The summed E-state index contributed by atoms with van der Waals surface area (Å²) in [7, 11) is 0. The van der Waals surface area contributed by atoms with Gasteiger partial charge in [-0.2, -0.15) is 0 Å². The molecule has 3 nitrogen and oxygen atoms in total. The number of halogens is 1. The molecule has 98 valence electrons. The smallest absolute Gasteiger partial charge is 0.241 e.